The second kappa shape index (κ2) is 11.9. The highest BCUT2D eigenvalue weighted by atomic mass is 16.5. The molecule has 1 aliphatic carbocycles. The van der Waals surface area contributed by atoms with Gasteiger partial charge in [0.05, 0.1) is 24.5 Å². The summed E-state index contributed by atoms with van der Waals surface area (Å²) in [4.78, 5) is 32.6. The van der Waals surface area contributed by atoms with Crippen LogP contribution in [-0.4, -0.2) is 41.9 Å². The molecule has 2 amide bonds. The summed E-state index contributed by atoms with van der Waals surface area (Å²) in [5, 5.41) is 3.24. The van der Waals surface area contributed by atoms with Crippen molar-refractivity contribution in [3.8, 4) is 0 Å². The third-order valence-corrected chi connectivity index (χ3v) is 7.84. The fourth-order valence-corrected chi connectivity index (χ4v) is 5.52. The van der Waals surface area contributed by atoms with E-state index in [1.807, 2.05) is 31.2 Å². The topological polar surface area (TPSA) is 97.0 Å². The first kappa shape index (κ1) is 26.9. The molecule has 0 spiro atoms. The summed E-state index contributed by atoms with van der Waals surface area (Å²) >= 11 is 0. The molecule has 3 aliphatic heterocycles. The number of nitrogens with zero attached hydrogens (tertiary/aromatic N) is 2. The molecule has 0 radical (unpaired) electrons. The number of fused-ring (bicyclic) bond motifs is 5. The predicted octanol–water partition coefficient (Wildman–Crippen LogP) is 4.68. The minimum Gasteiger partial charge on any atom is -0.385 e. The van der Waals surface area contributed by atoms with Crippen molar-refractivity contribution in [1.82, 2.24) is 10.2 Å². The molecule has 2 unspecified atom stereocenters. The van der Waals surface area contributed by atoms with Gasteiger partial charge in [0.1, 0.15) is 0 Å². The summed E-state index contributed by atoms with van der Waals surface area (Å²) in [6.07, 6.45) is 6.98. The third kappa shape index (κ3) is 6.21. The van der Waals surface area contributed by atoms with Gasteiger partial charge in [0, 0.05) is 19.3 Å². The zero-order valence-corrected chi connectivity index (χ0v) is 22.4. The number of aliphatic imine (C=N–C) groups is 1. The Kier molecular flexibility index (Phi) is 8.64. The summed E-state index contributed by atoms with van der Waals surface area (Å²) in [6, 6.07) is 14.2. The van der Waals surface area contributed by atoms with Crippen molar-refractivity contribution >= 4 is 17.8 Å². The van der Waals surface area contributed by atoms with E-state index in [0.29, 0.717) is 18.5 Å². The van der Waals surface area contributed by atoms with Crippen molar-refractivity contribution in [1.29, 1.82) is 0 Å². The number of benzene rings is 2. The molecule has 0 aromatic heterocycles. The van der Waals surface area contributed by atoms with Crippen molar-refractivity contribution in [2.75, 3.05) is 13.7 Å². The molecule has 7 heteroatoms. The number of hydrogen-bond donors (Lipinski definition) is 2. The number of nitrogens with two attached hydrogens (primary N) is 1. The van der Waals surface area contributed by atoms with Crippen LogP contribution in [0.3, 0.4) is 0 Å². The van der Waals surface area contributed by atoms with Crippen LogP contribution in [0.15, 0.2) is 47.5 Å². The van der Waals surface area contributed by atoms with Crippen molar-refractivity contribution in [2.45, 2.75) is 83.3 Å². The van der Waals surface area contributed by atoms with E-state index >= 15 is 0 Å². The summed E-state index contributed by atoms with van der Waals surface area (Å²) in [7, 11) is 1.68. The largest absolute Gasteiger partial charge is 0.385 e. The number of carbonyl (C=O) groups excluding carboxylic acids is 2. The first-order chi connectivity index (χ1) is 17.9. The minimum absolute atomic E-state index is 0.00603. The molecule has 0 saturated heterocycles. The average molecular weight is 505 g/mol. The van der Waals surface area contributed by atoms with Gasteiger partial charge in [-0.05, 0) is 79.8 Å². The summed E-state index contributed by atoms with van der Waals surface area (Å²) in [5.41, 5.74) is 11.3. The number of carbonyl (C=O) groups is 2. The van der Waals surface area contributed by atoms with E-state index < -0.39 is 5.54 Å². The molecule has 37 heavy (non-hydrogen) atoms. The van der Waals surface area contributed by atoms with Crippen molar-refractivity contribution in [2.24, 2.45) is 10.7 Å². The number of rotatable bonds is 2. The maximum Gasteiger partial charge on any atom is 0.251 e. The lowest BCUT2D eigenvalue weighted by atomic mass is 9.84. The van der Waals surface area contributed by atoms with E-state index in [-0.39, 0.29) is 23.8 Å². The molecule has 3 N–H and O–H groups in total. The Morgan fingerprint density at radius 2 is 1.92 bits per heavy atom. The fourth-order valence-electron chi connectivity index (χ4n) is 5.52. The van der Waals surface area contributed by atoms with E-state index in [2.05, 4.69) is 35.2 Å². The number of ether oxygens (including phenoxy) is 1. The Labute approximate surface area is 220 Å². The highest BCUT2D eigenvalue weighted by Crippen LogP contribution is 2.34. The summed E-state index contributed by atoms with van der Waals surface area (Å²) < 4.78 is 4.54. The summed E-state index contributed by atoms with van der Waals surface area (Å²) in [5.74, 6) is 0.208. The van der Waals surface area contributed by atoms with E-state index in [0.717, 1.165) is 57.1 Å². The van der Waals surface area contributed by atoms with E-state index in [9.17, 15) is 9.59 Å². The van der Waals surface area contributed by atoms with Crippen LogP contribution in [0.1, 0.15) is 91.0 Å². The lowest BCUT2D eigenvalue weighted by molar-refractivity contribution is -0.130. The maximum atomic E-state index is 13.1. The van der Waals surface area contributed by atoms with Gasteiger partial charge >= 0.3 is 0 Å². The van der Waals surface area contributed by atoms with Gasteiger partial charge in [-0.3, -0.25) is 14.5 Å². The minimum atomic E-state index is -0.409. The predicted molar refractivity (Wildman–Crippen MR) is 146 cm³/mol. The van der Waals surface area contributed by atoms with Crippen LogP contribution in [0, 0.1) is 0 Å². The Morgan fingerprint density at radius 3 is 2.65 bits per heavy atom. The van der Waals surface area contributed by atoms with Crippen LogP contribution in [-0.2, 0) is 28.9 Å². The monoisotopic (exact) mass is 504 g/mol. The average Bonchev–Trinajstić information content (AvgIpc) is 3.30. The smallest absolute Gasteiger partial charge is 0.251 e. The molecular weight excluding hydrogens is 464 g/mol. The quantitative estimate of drug-likeness (QED) is 0.621. The molecular formula is C30H40N4O3. The van der Waals surface area contributed by atoms with Crippen LogP contribution in [0.25, 0.3) is 0 Å². The number of aryl methyl sites for hydroxylation is 2. The van der Waals surface area contributed by atoms with Gasteiger partial charge in [0.25, 0.3) is 5.91 Å². The van der Waals surface area contributed by atoms with Gasteiger partial charge in [-0.15, -0.1) is 0 Å². The second-order valence-corrected chi connectivity index (χ2v) is 10.3. The lowest BCUT2D eigenvalue weighted by Crippen LogP contribution is -2.51. The standard InChI is InChI=1S/C27H32N4O2.C3H8O/c1-2-27-13-4-3-6-18-9-10-20-11-12-23(22(20)15-18)29-25(33)21-8-5-7-19(14-21)17-31(24(32)16-27)26(28)30-27;1-3-4-2/h5,7-10,14-15,23H,2-4,6,11-13,16-17H2,1H3,(H2,28,30)(H,29,33);3H2,1-2H3. The van der Waals surface area contributed by atoms with Crippen LogP contribution in [0.2, 0.25) is 0 Å². The van der Waals surface area contributed by atoms with Gasteiger partial charge in [0.15, 0.2) is 5.96 Å². The van der Waals surface area contributed by atoms with Crippen LogP contribution in [0.4, 0.5) is 0 Å². The molecule has 198 valence electrons. The fraction of sp³-hybridized carbons (Fsp3) is 0.500. The Hall–Kier alpha value is -3.19. The third-order valence-electron chi connectivity index (χ3n) is 7.84. The van der Waals surface area contributed by atoms with Crippen LogP contribution in [0.5, 0.6) is 0 Å². The van der Waals surface area contributed by atoms with Crippen molar-refractivity contribution in [3.05, 3.63) is 70.3 Å². The molecule has 0 saturated carbocycles. The molecule has 2 atom stereocenters. The highest BCUT2D eigenvalue weighted by Gasteiger charge is 2.38. The highest BCUT2D eigenvalue weighted by molar-refractivity contribution is 5.99. The zero-order chi connectivity index (χ0) is 26.4. The van der Waals surface area contributed by atoms with Gasteiger partial charge in [0.2, 0.25) is 5.91 Å². The molecule has 2 aromatic carbocycles. The first-order valence-corrected chi connectivity index (χ1v) is 13.5. The Morgan fingerprint density at radius 1 is 1.11 bits per heavy atom. The van der Waals surface area contributed by atoms with E-state index in [4.69, 9.17) is 10.7 Å². The Bertz CT molecular complexity index is 1160. The number of nitrogens with one attached hydrogen (secondary N) is 1. The van der Waals surface area contributed by atoms with Crippen LogP contribution >= 0.6 is 0 Å². The summed E-state index contributed by atoms with van der Waals surface area (Å²) in [6.45, 7) is 5.19. The zero-order valence-electron chi connectivity index (χ0n) is 22.4. The molecule has 4 aliphatic rings. The maximum absolute atomic E-state index is 13.1. The molecule has 6 rings (SSSR count). The van der Waals surface area contributed by atoms with Gasteiger partial charge < -0.3 is 15.8 Å². The van der Waals surface area contributed by atoms with Crippen LogP contribution < -0.4 is 11.1 Å². The Balaban J connectivity index is 0.000000747. The lowest BCUT2D eigenvalue weighted by Gasteiger charge is -2.37. The van der Waals surface area contributed by atoms with Gasteiger partial charge in [-0.2, -0.15) is 0 Å². The van der Waals surface area contributed by atoms with Gasteiger partial charge in [-0.1, -0.05) is 43.7 Å². The molecule has 3 heterocycles. The van der Waals surface area contributed by atoms with Gasteiger partial charge in [-0.25, -0.2) is 4.99 Å². The first-order valence-electron chi connectivity index (χ1n) is 13.5. The van der Waals surface area contributed by atoms with E-state index in [1.54, 1.807) is 12.0 Å². The second-order valence-electron chi connectivity index (χ2n) is 10.3. The molecule has 2 aromatic rings. The van der Waals surface area contributed by atoms with Crippen molar-refractivity contribution in [3.63, 3.8) is 0 Å². The number of hydrogen-bond acceptors (Lipinski definition) is 5. The molecule has 0 fully saturated rings. The molecule has 6 bridgehead atoms. The SMILES string of the molecule is CCC12CCCCc3ccc4c(c3)C(CC4)NC(=O)c3cccc(c3)CN(C(=O)C1)C(N)=N2.CCOC. The normalized spacial score (nSPS) is 23.4. The molecule has 7 nitrogen and oxygen atoms in total. The number of guanidine groups is 1. The number of amides is 2. The van der Waals surface area contributed by atoms with Crippen molar-refractivity contribution < 1.29 is 14.3 Å². The van der Waals surface area contributed by atoms with E-state index in [1.165, 1.54) is 16.7 Å². The number of methoxy groups -OCH3 is 1.